The fourth-order valence-corrected chi connectivity index (χ4v) is 2.43. The second kappa shape index (κ2) is 6.57. The van der Waals surface area contributed by atoms with Gasteiger partial charge in [0, 0.05) is 5.69 Å². The van der Waals surface area contributed by atoms with Crippen molar-refractivity contribution in [3.05, 3.63) is 29.3 Å². The van der Waals surface area contributed by atoms with Crippen molar-refractivity contribution < 1.29 is 14.3 Å². The van der Waals surface area contributed by atoms with E-state index in [9.17, 15) is 4.79 Å². The standard InChI is InChI=1S/C15H20ClNO3/c1-10-4-5-14(11(2)6-10)17(15(18)12(3)16)7-13-8-19-9-20-13/h4-6,12-13H,7-9H2,1-3H3. The van der Waals surface area contributed by atoms with E-state index in [1.54, 1.807) is 11.8 Å². The Kier molecular flexibility index (Phi) is 5.02. The number of amides is 1. The summed E-state index contributed by atoms with van der Waals surface area (Å²) in [5, 5.41) is -0.571. The quantitative estimate of drug-likeness (QED) is 0.802. The van der Waals surface area contributed by atoms with Gasteiger partial charge in [0.05, 0.1) is 13.2 Å². The molecule has 2 atom stereocenters. The first-order valence-electron chi connectivity index (χ1n) is 6.71. The number of benzene rings is 1. The average Bonchev–Trinajstić information content (AvgIpc) is 2.88. The fraction of sp³-hybridized carbons (Fsp3) is 0.533. The van der Waals surface area contributed by atoms with Crippen LogP contribution in [0.5, 0.6) is 0 Å². The number of alkyl halides is 1. The minimum atomic E-state index is -0.571. The number of rotatable bonds is 4. The van der Waals surface area contributed by atoms with Crippen LogP contribution in [0.15, 0.2) is 18.2 Å². The molecule has 1 aromatic carbocycles. The predicted molar refractivity (Wildman–Crippen MR) is 79.3 cm³/mol. The lowest BCUT2D eigenvalue weighted by Crippen LogP contribution is -2.42. The molecule has 110 valence electrons. The first kappa shape index (κ1) is 15.3. The molecule has 1 aromatic rings. The van der Waals surface area contributed by atoms with E-state index in [-0.39, 0.29) is 18.8 Å². The van der Waals surface area contributed by atoms with Gasteiger partial charge < -0.3 is 14.4 Å². The lowest BCUT2D eigenvalue weighted by atomic mass is 10.1. The van der Waals surface area contributed by atoms with Crippen LogP contribution in [0.2, 0.25) is 0 Å². The molecule has 0 spiro atoms. The maximum absolute atomic E-state index is 12.4. The van der Waals surface area contributed by atoms with Gasteiger partial charge >= 0.3 is 0 Å². The third-order valence-electron chi connectivity index (χ3n) is 3.33. The van der Waals surface area contributed by atoms with Crippen LogP contribution in [-0.2, 0) is 14.3 Å². The van der Waals surface area contributed by atoms with Crippen LogP contribution in [0.1, 0.15) is 18.1 Å². The predicted octanol–water partition coefficient (Wildman–Crippen LogP) is 2.64. The van der Waals surface area contributed by atoms with Crippen molar-refractivity contribution in [3.8, 4) is 0 Å². The zero-order valence-corrected chi connectivity index (χ0v) is 12.8. The molecule has 0 radical (unpaired) electrons. The van der Waals surface area contributed by atoms with Crippen LogP contribution in [0.4, 0.5) is 5.69 Å². The van der Waals surface area contributed by atoms with Crippen LogP contribution in [-0.4, -0.2) is 37.3 Å². The normalized spacial score (nSPS) is 19.9. The molecule has 0 N–H and O–H groups in total. The number of hydrogen-bond donors (Lipinski definition) is 0. The summed E-state index contributed by atoms with van der Waals surface area (Å²) >= 11 is 5.98. The number of anilines is 1. The number of halogens is 1. The zero-order valence-electron chi connectivity index (χ0n) is 12.1. The first-order valence-corrected chi connectivity index (χ1v) is 7.14. The van der Waals surface area contributed by atoms with Crippen molar-refractivity contribution in [1.29, 1.82) is 0 Å². The molecule has 1 fully saturated rings. The van der Waals surface area contributed by atoms with Gasteiger partial charge in [-0.2, -0.15) is 0 Å². The highest BCUT2D eigenvalue weighted by atomic mass is 35.5. The third-order valence-corrected chi connectivity index (χ3v) is 3.51. The fourth-order valence-electron chi connectivity index (χ4n) is 2.31. The van der Waals surface area contributed by atoms with Gasteiger partial charge in [0.25, 0.3) is 0 Å². The van der Waals surface area contributed by atoms with Gasteiger partial charge in [0.15, 0.2) is 0 Å². The summed E-state index contributed by atoms with van der Waals surface area (Å²) in [6.07, 6.45) is -0.102. The highest BCUT2D eigenvalue weighted by Crippen LogP contribution is 2.24. The number of aryl methyl sites for hydroxylation is 2. The summed E-state index contributed by atoms with van der Waals surface area (Å²) in [6.45, 7) is 6.96. The minimum absolute atomic E-state index is 0.102. The molecule has 1 aliphatic rings. The number of ether oxygens (including phenoxy) is 2. The highest BCUT2D eigenvalue weighted by Gasteiger charge is 2.27. The summed E-state index contributed by atoms with van der Waals surface area (Å²) in [7, 11) is 0. The van der Waals surface area contributed by atoms with Gasteiger partial charge in [-0.3, -0.25) is 4.79 Å². The third kappa shape index (κ3) is 3.51. The molecule has 2 rings (SSSR count). The van der Waals surface area contributed by atoms with E-state index in [0.717, 1.165) is 16.8 Å². The average molecular weight is 298 g/mol. The molecule has 0 aromatic heterocycles. The molecule has 2 unspecified atom stereocenters. The number of hydrogen-bond acceptors (Lipinski definition) is 3. The number of carbonyl (C=O) groups is 1. The Labute approximate surface area is 124 Å². The summed E-state index contributed by atoms with van der Waals surface area (Å²) in [4.78, 5) is 14.1. The molecule has 1 saturated heterocycles. The topological polar surface area (TPSA) is 38.8 Å². The molecular formula is C15H20ClNO3. The molecule has 5 heteroatoms. The van der Waals surface area contributed by atoms with Crippen molar-refractivity contribution in [3.63, 3.8) is 0 Å². The Balaban J connectivity index is 2.26. The van der Waals surface area contributed by atoms with Crippen LogP contribution < -0.4 is 4.90 Å². The molecule has 0 aliphatic carbocycles. The second-order valence-corrected chi connectivity index (χ2v) is 5.79. The largest absolute Gasteiger partial charge is 0.353 e. The van der Waals surface area contributed by atoms with Crippen molar-refractivity contribution in [2.75, 3.05) is 24.8 Å². The molecule has 4 nitrogen and oxygen atoms in total. The molecule has 0 saturated carbocycles. The van der Waals surface area contributed by atoms with E-state index >= 15 is 0 Å². The van der Waals surface area contributed by atoms with Gasteiger partial charge in [0.1, 0.15) is 18.3 Å². The smallest absolute Gasteiger partial charge is 0.244 e. The van der Waals surface area contributed by atoms with E-state index in [1.807, 2.05) is 26.0 Å². The molecule has 1 amide bonds. The van der Waals surface area contributed by atoms with Gasteiger partial charge in [-0.1, -0.05) is 17.7 Å². The molecule has 1 heterocycles. The van der Waals surface area contributed by atoms with Gasteiger partial charge in [-0.15, -0.1) is 11.6 Å². The maximum atomic E-state index is 12.4. The Morgan fingerprint density at radius 1 is 1.50 bits per heavy atom. The van der Waals surface area contributed by atoms with E-state index in [2.05, 4.69) is 6.07 Å². The van der Waals surface area contributed by atoms with E-state index in [4.69, 9.17) is 21.1 Å². The summed E-state index contributed by atoms with van der Waals surface area (Å²) in [5.41, 5.74) is 3.09. The van der Waals surface area contributed by atoms with Crippen molar-refractivity contribution in [2.45, 2.75) is 32.3 Å². The number of nitrogens with zero attached hydrogens (tertiary/aromatic N) is 1. The zero-order chi connectivity index (χ0) is 14.7. The van der Waals surface area contributed by atoms with E-state index in [1.165, 1.54) is 0 Å². The van der Waals surface area contributed by atoms with Crippen molar-refractivity contribution in [1.82, 2.24) is 0 Å². The van der Waals surface area contributed by atoms with Crippen LogP contribution in [0, 0.1) is 13.8 Å². The molecule has 1 aliphatic heterocycles. The van der Waals surface area contributed by atoms with Gasteiger partial charge in [-0.25, -0.2) is 0 Å². The summed E-state index contributed by atoms with van der Waals surface area (Å²) < 4.78 is 10.6. The first-order chi connectivity index (χ1) is 9.49. The van der Waals surface area contributed by atoms with Crippen LogP contribution >= 0.6 is 11.6 Å². The Morgan fingerprint density at radius 2 is 2.25 bits per heavy atom. The van der Waals surface area contributed by atoms with Gasteiger partial charge in [-0.05, 0) is 32.4 Å². The van der Waals surface area contributed by atoms with Gasteiger partial charge in [0.2, 0.25) is 5.91 Å². The molecule has 0 bridgehead atoms. The highest BCUT2D eigenvalue weighted by molar-refractivity contribution is 6.32. The van der Waals surface area contributed by atoms with E-state index in [0.29, 0.717) is 13.2 Å². The van der Waals surface area contributed by atoms with Crippen molar-refractivity contribution >= 4 is 23.2 Å². The van der Waals surface area contributed by atoms with E-state index < -0.39 is 5.38 Å². The Morgan fingerprint density at radius 3 is 2.80 bits per heavy atom. The summed E-state index contributed by atoms with van der Waals surface area (Å²) in [5.74, 6) is -0.117. The van der Waals surface area contributed by atoms with Crippen molar-refractivity contribution in [2.24, 2.45) is 0 Å². The second-order valence-electron chi connectivity index (χ2n) is 5.13. The monoisotopic (exact) mass is 297 g/mol. The van der Waals surface area contributed by atoms with Crippen LogP contribution in [0.3, 0.4) is 0 Å². The SMILES string of the molecule is Cc1ccc(N(CC2COCO2)C(=O)C(C)Cl)c(C)c1. The lowest BCUT2D eigenvalue weighted by Gasteiger charge is -2.27. The molecule has 20 heavy (non-hydrogen) atoms. The van der Waals surface area contributed by atoms with Crippen LogP contribution in [0.25, 0.3) is 0 Å². The Bertz CT molecular complexity index is 484. The molecular weight excluding hydrogens is 278 g/mol. The maximum Gasteiger partial charge on any atom is 0.244 e. The summed E-state index contributed by atoms with van der Waals surface area (Å²) in [6, 6.07) is 6.01. The lowest BCUT2D eigenvalue weighted by molar-refractivity contribution is -0.118. The minimum Gasteiger partial charge on any atom is -0.353 e. The number of carbonyl (C=O) groups excluding carboxylic acids is 1. The Hall–Kier alpha value is -1.10.